The van der Waals surface area contributed by atoms with Gasteiger partial charge in [-0.15, -0.1) is 0 Å². The van der Waals surface area contributed by atoms with E-state index >= 15 is 0 Å². The Balaban J connectivity index is 2.40. The van der Waals surface area contributed by atoms with Crippen LogP contribution in [0, 0.1) is 0 Å². The molecule has 0 aromatic heterocycles. The van der Waals surface area contributed by atoms with Gasteiger partial charge in [0.2, 0.25) is 6.79 Å². The number of carbonyl (C=O) groups excluding carboxylic acids is 2. The maximum atomic E-state index is 11.1. The molecule has 0 unspecified atom stereocenters. The smallest absolute Gasteiger partial charge is 0.424 e. The summed E-state index contributed by atoms with van der Waals surface area (Å²) in [6.45, 7) is -0.657. The van der Waals surface area contributed by atoms with Crippen molar-refractivity contribution in [2.45, 2.75) is 0 Å². The maximum Gasteiger partial charge on any atom is 0.552 e. The van der Waals surface area contributed by atoms with E-state index in [1.807, 2.05) is 0 Å². The third kappa shape index (κ3) is 3.14. The number of rotatable bonds is 3. The molecule has 0 spiro atoms. The van der Waals surface area contributed by atoms with Crippen molar-refractivity contribution in [1.29, 1.82) is 0 Å². The second-order valence-electron chi connectivity index (χ2n) is 2.31. The van der Waals surface area contributed by atoms with E-state index < -0.39 is 18.9 Å². The van der Waals surface area contributed by atoms with Gasteiger partial charge < -0.3 is 9.47 Å². The van der Waals surface area contributed by atoms with Gasteiger partial charge in [0, 0.05) is 0 Å². The van der Waals surface area contributed by atoms with Gasteiger partial charge in [0.15, 0.2) is 0 Å². The number of esters is 1. The van der Waals surface area contributed by atoms with Crippen LogP contribution in [0.15, 0.2) is 30.3 Å². The van der Waals surface area contributed by atoms with Crippen LogP contribution >= 0.6 is 0 Å². The molecule has 0 heterocycles. The second-order valence-corrected chi connectivity index (χ2v) is 2.31. The minimum Gasteiger partial charge on any atom is -0.424 e. The Morgan fingerprint density at radius 2 is 1.71 bits per heavy atom. The zero-order valence-electron chi connectivity index (χ0n) is 7.14. The van der Waals surface area contributed by atoms with Crippen LogP contribution in [0.25, 0.3) is 0 Å². The summed E-state index contributed by atoms with van der Waals surface area (Å²) in [6.07, 6.45) is -1.73. The van der Waals surface area contributed by atoms with E-state index in [0.29, 0.717) is 5.56 Å². The predicted octanol–water partition coefficient (Wildman–Crippen LogP) is 1.37. The van der Waals surface area contributed by atoms with E-state index in [0.717, 1.165) is 0 Å². The third-order valence-corrected chi connectivity index (χ3v) is 1.38. The van der Waals surface area contributed by atoms with E-state index in [-0.39, 0.29) is 0 Å². The van der Waals surface area contributed by atoms with Crippen LogP contribution in [0.2, 0.25) is 0 Å². The summed E-state index contributed by atoms with van der Waals surface area (Å²) in [4.78, 5) is 20.9. The Hall–Kier alpha value is -2.04. The number of benzene rings is 1. The lowest BCUT2D eigenvalue weighted by Gasteiger charge is -2.02. The molecule has 0 saturated carbocycles. The van der Waals surface area contributed by atoms with Crippen molar-refractivity contribution in [2.75, 3.05) is 6.79 Å². The molecule has 0 aliphatic rings. The standard InChI is InChI=1S/C9H7O5/c10-8(13-6-14-9(11)12)7-4-2-1-3-5-7/h1-5H,6H2. The lowest BCUT2D eigenvalue weighted by Crippen LogP contribution is -2.10. The van der Waals surface area contributed by atoms with Gasteiger partial charge in [-0.25, -0.2) is 4.79 Å². The molecule has 73 valence electrons. The first-order chi connectivity index (χ1) is 6.70. The maximum absolute atomic E-state index is 11.1. The molecular formula is C9H7O5. The topological polar surface area (TPSA) is 72.5 Å². The van der Waals surface area contributed by atoms with Crippen molar-refractivity contribution in [3.63, 3.8) is 0 Å². The van der Waals surface area contributed by atoms with Crippen LogP contribution < -0.4 is 0 Å². The minimum atomic E-state index is -1.73. The lowest BCUT2D eigenvalue weighted by molar-refractivity contribution is -0.0244. The summed E-state index contributed by atoms with van der Waals surface area (Å²) in [5.74, 6) is -0.646. The normalized spacial score (nSPS) is 9.14. The zero-order valence-corrected chi connectivity index (χ0v) is 7.14. The largest absolute Gasteiger partial charge is 0.552 e. The number of ether oxygens (including phenoxy) is 2. The molecule has 0 fully saturated rings. The van der Waals surface area contributed by atoms with E-state index in [1.54, 1.807) is 30.3 Å². The Morgan fingerprint density at radius 1 is 1.07 bits per heavy atom. The average molecular weight is 195 g/mol. The minimum absolute atomic E-state index is 0.328. The summed E-state index contributed by atoms with van der Waals surface area (Å²) in [6, 6.07) is 8.16. The Kier molecular flexibility index (Phi) is 3.49. The molecule has 14 heavy (non-hydrogen) atoms. The summed E-state index contributed by atoms with van der Waals surface area (Å²) in [7, 11) is 0. The highest BCUT2D eigenvalue weighted by Crippen LogP contribution is 2.00. The fourth-order valence-electron chi connectivity index (χ4n) is 0.789. The molecule has 5 heteroatoms. The third-order valence-electron chi connectivity index (χ3n) is 1.38. The molecule has 0 atom stereocenters. The van der Waals surface area contributed by atoms with Crippen molar-refractivity contribution >= 4 is 12.1 Å². The number of hydrogen-bond acceptors (Lipinski definition) is 4. The van der Waals surface area contributed by atoms with Crippen molar-refractivity contribution in [3.8, 4) is 0 Å². The molecular weight excluding hydrogens is 188 g/mol. The van der Waals surface area contributed by atoms with E-state index in [4.69, 9.17) is 0 Å². The lowest BCUT2D eigenvalue weighted by atomic mass is 10.2. The van der Waals surface area contributed by atoms with Crippen LogP contribution in [0.5, 0.6) is 0 Å². The van der Waals surface area contributed by atoms with Gasteiger partial charge >= 0.3 is 12.1 Å². The summed E-state index contributed by atoms with van der Waals surface area (Å²) < 4.78 is 8.35. The van der Waals surface area contributed by atoms with Crippen LogP contribution in [-0.2, 0) is 14.6 Å². The van der Waals surface area contributed by atoms with Gasteiger partial charge in [0.1, 0.15) is 0 Å². The number of hydrogen-bond donors (Lipinski definition) is 0. The van der Waals surface area contributed by atoms with Gasteiger partial charge in [-0.3, -0.25) is 0 Å². The second kappa shape index (κ2) is 4.86. The first-order valence-corrected chi connectivity index (χ1v) is 3.76. The van der Waals surface area contributed by atoms with Gasteiger partial charge in [0.05, 0.1) is 5.56 Å². The summed E-state index contributed by atoms with van der Waals surface area (Å²) in [5, 5.41) is 9.79. The molecule has 0 bridgehead atoms. The van der Waals surface area contributed by atoms with Gasteiger partial charge in [0.25, 0.3) is 0 Å². The van der Waals surface area contributed by atoms with Crippen LogP contribution in [0.4, 0.5) is 4.79 Å². The number of carbonyl (C=O) groups is 2. The van der Waals surface area contributed by atoms with Crippen molar-refractivity contribution < 1.29 is 24.2 Å². The van der Waals surface area contributed by atoms with Crippen molar-refractivity contribution in [2.24, 2.45) is 0 Å². The predicted molar refractivity (Wildman–Crippen MR) is 43.9 cm³/mol. The molecule has 0 saturated heterocycles. The molecule has 0 aliphatic heterocycles. The first kappa shape index (κ1) is 10.0. The molecule has 1 aromatic carbocycles. The van der Waals surface area contributed by atoms with E-state index in [9.17, 15) is 14.7 Å². The fraction of sp³-hybridized carbons (Fsp3) is 0.111. The van der Waals surface area contributed by atoms with Gasteiger partial charge in [-0.05, 0) is 12.1 Å². The van der Waals surface area contributed by atoms with Gasteiger partial charge in [-0.2, -0.15) is 9.90 Å². The molecule has 1 aromatic rings. The van der Waals surface area contributed by atoms with Gasteiger partial charge in [-0.1, -0.05) is 18.2 Å². The van der Waals surface area contributed by atoms with Crippen LogP contribution in [-0.4, -0.2) is 18.9 Å². The highest BCUT2D eigenvalue weighted by Gasteiger charge is 2.07. The Bertz CT molecular complexity index is 319. The zero-order chi connectivity index (χ0) is 10.4. The molecule has 0 amide bonds. The Labute approximate surface area is 79.9 Å². The average Bonchev–Trinajstić information content (AvgIpc) is 2.18. The summed E-state index contributed by atoms with van der Waals surface area (Å²) in [5.41, 5.74) is 0.328. The molecule has 0 aliphatic carbocycles. The van der Waals surface area contributed by atoms with E-state index in [1.165, 1.54) is 0 Å². The fourth-order valence-corrected chi connectivity index (χ4v) is 0.789. The molecule has 5 nitrogen and oxygen atoms in total. The first-order valence-electron chi connectivity index (χ1n) is 3.76. The highest BCUT2D eigenvalue weighted by atomic mass is 16.7. The molecule has 1 radical (unpaired) electrons. The van der Waals surface area contributed by atoms with Crippen LogP contribution in [0.3, 0.4) is 0 Å². The van der Waals surface area contributed by atoms with E-state index in [2.05, 4.69) is 9.47 Å². The monoisotopic (exact) mass is 195 g/mol. The van der Waals surface area contributed by atoms with Crippen molar-refractivity contribution in [1.82, 2.24) is 0 Å². The Morgan fingerprint density at radius 3 is 2.29 bits per heavy atom. The van der Waals surface area contributed by atoms with Crippen LogP contribution in [0.1, 0.15) is 10.4 Å². The summed E-state index contributed by atoms with van der Waals surface area (Å²) >= 11 is 0. The quantitative estimate of drug-likeness (QED) is 0.539. The SMILES string of the molecule is [O]C(=O)OCOC(=O)c1ccccc1. The molecule has 0 N–H and O–H groups in total. The highest BCUT2D eigenvalue weighted by molar-refractivity contribution is 5.89. The van der Waals surface area contributed by atoms with Crippen molar-refractivity contribution in [3.05, 3.63) is 35.9 Å². The molecule has 1 rings (SSSR count).